The first-order valence-corrected chi connectivity index (χ1v) is 11.8. The summed E-state index contributed by atoms with van der Waals surface area (Å²) in [5.74, 6) is -1.42. The Bertz CT molecular complexity index is 747. The highest BCUT2D eigenvalue weighted by atomic mass is 32.2. The van der Waals surface area contributed by atoms with Crippen molar-refractivity contribution in [3.05, 3.63) is 35.9 Å². The van der Waals surface area contributed by atoms with Gasteiger partial charge >= 0.3 is 12.3 Å². The summed E-state index contributed by atoms with van der Waals surface area (Å²) >= 11 is -1.46. The maximum absolute atomic E-state index is 13.5. The van der Waals surface area contributed by atoms with E-state index < -0.39 is 45.8 Å². The SMILES string of the molecule is CC(C)(C)[S+]([O-])N[C@@H]1CC(C(F)(F)F)CC12CCN(C(=O)OCc1ccccc1)CC2. The van der Waals surface area contributed by atoms with Crippen LogP contribution in [0.25, 0.3) is 0 Å². The number of carbonyl (C=O) groups excluding carboxylic acids is 1. The number of carbonyl (C=O) groups is 1. The molecule has 1 aliphatic heterocycles. The van der Waals surface area contributed by atoms with Crippen LogP contribution < -0.4 is 4.72 Å². The summed E-state index contributed by atoms with van der Waals surface area (Å²) in [4.78, 5) is 14.0. The number of alkyl halides is 3. The van der Waals surface area contributed by atoms with Crippen LogP contribution in [-0.4, -0.2) is 45.6 Å². The molecule has 0 bridgehead atoms. The molecule has 1 spiro atoms. The molecular formula is C22H31F3N2O3S. The Balaban J connectivity index is 1.63. The predicted molar refractivity (Wildman–Crippen MR) is 113 cm³/mol. The van der Waals surface area contributed by atoms with Crippen molar-refractivity contribution in [2.45, 2.75) is 70.0 Å². The van der Waals surface area contributed by atoms with Gasteiger partial charge in [0.15, 0.2) is 0 Å². The van der Waals surface area contributed by atoms with Gasteiger partial charge in [0.1, 0.15) is 11.4 Å². The molecule has 0 aromatic heterocycles. The van der Waals surface area contributed by atoms with Crippen molar-refractivity contribution in [3.63, 3.8) is 0 Å². The van der Waals surface area contributed by atoms with Crippen molar-refractivity contribution in [2.24, 2.45) is 11.3 Å². The van der Waals surface area contributed by atoms with Gasteiger partial charge in [0.2, 0.25) is 0 Å². The molecule has 1 aromatic rings. The maximum atomic E-state index is 13.5. The highest BCUT2D eigenvalue weighted by Crippen LogP contribution is 2.53. The van der Waals surface area contributed by atoms with E-state index in [1.54, 1.807) is 25.7 Å². The lowest BCUT2D eigenvalue weighted by atomic mass is 9.74. The molecule has 2 aliphatic rings. The predicted octanol–water partition coefficient (Wildman–Crippen LogP) is 4.80. The summed E-state index contributed by atoms with van der Waals surface area (Å²) < 4.78 is 61.0. The molecule has 5 nitrogen and oxygen atoms in total. The highest BCUT2D eigenvalue weighted by molar-refractivity contribution is 7.90. The number of piperidine rings is 1. The number of benzene rings is 1. The van der Waals surface area contributed by atoms with Crippen LogP contribution in [0.2, 0.25) is 0 Å². The number of nitrogens with zero attached hydrogens (tertiary/aromatic N) is 1. The van der Waals surface area contributed by atoms with Gasteiger partial charge in [-0.15, -0.1) is 4.72 Å². The third-order valence-electron chi connectivity index (χ3n) is 6.40. The average molecular weight is 461 g/mol. The molecule has 1 N–H and O–H groups in total. The van der Waals surface area contributed by atoms with Crippen molar-refractivity contribution < 1.29 is 27.3 Å². The van der Waals surface area contributed by atoms with Gasteiger partial charge < -0.3 is 14.2 Å². The van der Waals surface area contributed by atoms with E-state index in [1.807, 2.05) is 30.3 Å². The number of ether oxygens (including phenoxy) is 1. The second-order valence-electron chi connectivity index (χ2n) is 9.62. The number of amides is 1. The minimum Gasteiger partial charge on any atom is -0.598 e. The molecule has 3 atom stereocenters. The lowest BCUT2D eigenvalue weighted by molar-refractivity contribution is -0.175. The molecule has 3 rings (SSSR count). The van der Waals surface area contributed by atoms with Crippen LogP contribution in [0.3, 0.4) is 0 Å². The van der Waals surface area contributed by atoms with Crippen LogP contribution in [0.4, 0.5) is 18.0 Å². The standard InChI is InChI=1S/C22H31F3N2O3S/c1-20(2,3)31(29)26-18-13-17(22(23,24)25)14-21(18)9-11-27(12-10-21)19(28)30-15-16-7-5-4-6-8-16/h4-8,17-18,26H,9-15H2,1-3H3/t17?,18-,31?/m1/s1. The summed E-state index contributed by atoms with van der Waals surface area (Å²) in [5, 5.41) is 0. The van der Waals surface area contributed by atoms with Gasteiger partial charge in [0, 0.05) is 24.5 Å². The smallest absolute Gasteiger partial charge is 0.410 e. The van der Waals surface area contributed by atoms with E-state index >= 15 is 0 Å². The molecule has 1 amide bonds. The molecule has 174 valence electrons. The van der Waals surface area contributed by atoms with E-state index in [0.29, 0.717) is 25.9 Å². The minimum atomic E-state index is -4.28. The Morgan fingerprint density at radius 3 is 2.39 bits per heavy atom. The van der Waals surface area contributed by atoms with E-state index in [2.05, 4.69) is 4.72 Å². The number of hydrogen-bond donors (Lipinski definition) is 1. The summed E-state index contributed by atoms with van der Waals surface area (Å²) in [6.07, 6.45) is -3.95. The zero-order valence-corrected chi connectivity index (χ0v) is 19.0. The minimum absolute atomic E-state index is 0.00239. The average Bonchev–Trinajstić information content (AvgIpc) is 3.05. The maximum Gasteiger partial charge on any atom is 0.410 e. The van der Waals surface area contributed by atoms with E-state index in [4.69, 9.17) is 4.74 Å². The van der Waals surface area contributed by atoms with Gasteiger partial charge in [-0.3, -0.25) is 0 Å². The molecule has 31 heavy (non-hydrogen) atoms. The van der Waals surface area contributed by atoms with Gasteiger partial charge in [-0.2, -0.15) is 13.2 Å². The summed E-state index contributed by atoms with van der Waals surface area (Å²) in [6.45, 7) is 6.21. The third-order valence-corrected chi connectivity index (χ3v) is 8.01. The second kappa shape index (κ2) is 9.19. The van der Waals surface area contributed by atoms with Crippen LogP contribution in [0.1, 0.15) is 52.0 Å². The Kier molecular flexibility index (Phi) is 7.18. The number of nitrogens with one attached hydrogen (secondary N) is 1. The lowest BCUT2D eigenvalue weighted by Gasteiger charge is -2.43. The first-order chi connectivity index (χ1) is 14.4. The van der Waals surface area contributed by atoms with E-state index in [0.717, 1.165) is 5.56 Å². The summed E-state index contributed by atoms with van der Waals surface area (Å²) in [7, 11) is 0. The molecule has 9 heteroatoms. The largest absolute Gasteiger partial charge is 0.598 e. The van der Waals surface area contributed by atoms with Crippen molar-refractivity contribution in [1.29, 1.82) is 0 Å². The molecule has 1 aliphatic carbocycles. The number of likely N-dealkylation sites (tertiary alicyclic amines) is 1. The van der Waals surface area contributed by atoms with Crippen LogP contribution >= 0.6 is 0 Å². The fourth-order valence-corrected chi connectivity index (χ4v) is 5.44. The van der Waals surface area contributed by atoms with Crippen LogP contribution in [-0.2, 0) is 22.7 Å². The summed E-state index contributed by atoms with van der Waals surface area (Å²) in [6, 6.07) is 8.82. The normalized spacial score (nSPS) is 24.9. The highest BCUT2D eigenvalue weighted by Gasteiger charge is 2.57. The quantitative estimate of drug-likeness (QED) is 0.656. The first-order valence-electron chi connectivity index (χ1n) is 10.6. The molecule has 1 aromatic carbocycles. The lowest BCUT2D eigenvalue weighted by Crippen LogP contribution is -2.53. The van der Waals surface area contributed by atoms with E-state index in [-0.39, 0.29) is 19.4 Å². The van der Waals surface area contributed by atoms with Crippen LogP contribution in [0, 0.1) is 11.3 Å². The van der Waals surface area contributed by atoms with E-state index in [1.165, 1.54) is 0 Å². The van der Waals surface area contributed by atoms with Gasteiger partial charge in [-0.05, 0) is 57.4 Å². The molecule has 1 heterocycles. The Morgan fingerprint density at radius 1 is 1.23 bits per heavy atom. The molecule has 1 saturated carbocycles. The Morgan fingerprint density at radius 2 is 1.84 bits per heavy atom. The van der Waals surface area contributed by atoms with Crippen molar-refractivity contribution >= 4 is 17.5 Å². The number of rotatable bonds is 4. The molecule has 1 saturated heterocycles. The van der Waals surface area contributed by atoms with Crippen LogP contribution in [0.5, 0.6) is 0 Å². The zero-order valence-electron chi connectivity index (χ0n) is 18.2. The van der Waals surface area contributed by atoms with Gasteiger partial charge in [0.05, 0.1) is 12.0 Å². The third kappa shape index (κ3) is 5.87. The molecule has 2 unspecified atom stereocenters. The number of halogens is 3. The second-order valence-corrected chi connectivity index (χ2v) is 11.6. The zero-order chi connectivity index (χ0) is 22.9. The summed E-state index contributed by atoms with van der Waals surface area (Å²) in [5.41, 5.74) is 0.249. The molecule has 2 fully saturated rings. The van der Waals surface area contributed by atoms with Crippen LogP contribution in [0.15, 0.2) is 30.3 Å². The topological polar surface area (TPSA) is 64.6 Å². The van der Waals surface area contributed by atoms with Crippen molar-refractivity contribution in [1.82, 2.24) is 9.62 Å². The first kappa shape index (κ1) is 24.2. The van der Waals surface area contributed by atoms with E-state index in [9.17, 15) is 22.5 Å². The van der Waals surface area contributed by atoms with Crippen molar-refractivity contribution in [2.75, 3.05) is 13.1 Å². The monoisotopic (exact) mass is 460 g/mol. The van der Waals surface area contributed by atoms with Gasteiger partial charge in [-0.1, -0.05) is 30.3 Å². The molecule has 0 radical (unpaired) electrons. The fraction of sp³-hybridized carbons (Fsp3) is 0.682. The molecular weight excluding hydrogens is 429 g/mol. The fourth-order valence-electron chi connectivity index (χ4n) is 4.48. The van der Waals surface area contributed by atoms with Gasteiger partial charge in [0.25, 0.3) is 0 Å². The Labute approximate surface area is 185 Å². The number of hydrogen-bond acceptors (Lipinski definition) is 4. The van der Waals surface area contributed by atoms with Crippen molar-refractivity contribution in [3.8, 4) is 0 Å². The van der Waals surface area contributed by atoms with Gasteiger partial charge in [-0.25, -0.2) is 4.79 Å². The Hall–Kier alpha value is -1.45.